The molecule has 26 heavy (non-hydrogen) atoms. The molecule has 7 heteroatoms. The summed E-state index contributed by atoms with van der Waals surface area (Å²) in [7, 11) is 0. The van der Waals surface area contributed by atoms with E-state index in [2.05, 4.69) is 4.90 Å². The third kappa shape index (κ3) is 5.74. The number of ether oxygens (including phenoxy) is 2. The van der Waals surface area contributed by atoms with Gasteiger partial charge in [-0.1, -0.05) is 23.2 Å². The maximum Gasteiger partial charge on any atom is 0.260 e. The molecule has 0 saturated carbocycles. The summed E-state index contributed by atoms with van der Waals surface area (Å²) in [6.45, 7) is 6.56. The number of likely N-dealkylation sites (tertiary alicyclic amines) is 1. The number of halogens is 2. The predicted molar refractivity (Wildman–Crippen MR) is 103 cm³/mol. The molecule has 0 N–H and O–H groups in total. The van der Waals surface area contributed by atoms with Gasteiger partial charge in [-0.2, -0.15) is 0 Å². The zero-order valence-corrected chi connectivity index (χ0v) is 16.5. The van der Waals surface area contributed by atoms with Crippen molar-refractivity contribution in [1.82, 2.24) is 9.80 Å². The number of hydrogen-bond acceptors (Lipinski definition) is 4. The van der Waals surface area contributed by atoms with Crippen LogP contribution in [0.15, 0.2) is 18.2 Å². The van der Waals surface area contributed by atoms with Gasteiger partial charge in [0.2, 0.25) is 0 Å². The fourth-order valence-electron chi connectivity index (χ4n) is 3.48. The Balaban J connectivity index is 1.36. The smallest absolute Gasteiger partial charge is 0.260 e. The molecule has 144 valence electrons. The van der Waals surface area contributed by atoms with E-state index in [9.17, 15) is 4.79 Å². The second-order valence-electron chi connectivity index (χ2n) is 6.93. The highest BCUT2D eigenvalue weighted by molar-refractivity contribution is 6.35. The van der Waals surface area contributed by atoms with Gasteiger partial charge in [0, 0.05) is 31.2 Å². The zero-order chi connectivity index (χ0) is 18.4. The molecule has 0 unspecified atom stereocenters. The molecule has 1 aromatic carbocycles. The van der Waals surface area contributed by atoms with E-state index in [-0.39, 0.29) is 12.5 Å². The Morgan fingerprint density at radius 1 is 1.15 bits per heavy atom. The number of hydrogen-bond donors (Lipinski definition) is 0. The molecule has 0 atom stereocenters. The third-order valence-electron chi connectivity index (χ3n) is 5.17. The first kappa shape index (κ1) is 19.7. The summed E-state index contributed by atoms with van der Waals surface area (Å²) in [5.74, 6) is 1.21. The van der Waals surface area contributed by atoms with E-state index in [0.717, 1.165) is 58.8 Å². The molecule has 0 aliphatic carbocycles. The fourth-order valence-corrected chi connectivity index (χ4v) is 3.95. The Kier molecular flexibility index (Phi) is 7.43. The first-order chi connectivity index (χ1) is 12.6. The molecule has 0 spiro atoms. The Labute approximate surface area is 165 Å². The summed E-state index contributed by atoms with van der Waals surface area (Å²) >= 11 is 11.9. The van der Waals surface area contributed by atoms with E-state index < -0.39 is 0 Å². The van der Waals surface area contributed by atoms with Crippen molar-refractivity contribution in [3.63, 3.8) is 0 Å². The van der Waals surface area contributed by atoms with E-state index in [1.165, 1.54) is 6.42 Å². The highest BCUT2D eigenvalue weighted by Crippen LogP contribution is 2.27. The maximum absolute atomic E-state index is 12.4. The lowest BCUT2D eigenvalue weighted by atomic mass is 9.93. The van der Waals surface area contributed by atoms with Gasteiger partial charge < -0.3 is 14.4 Å². The summed E-state index contributed by atoms with van der Waals surface area (Å²) in [6, 6.07) is 5.01. The topological polar surface area (TPSA) is 42.0 Å². The van der Waals surface area contributed by atoms with Gasteiger partial charge in [0.05, 0.1) is 18.2 Å². The fraction of sp³-hybridized carbons (Fsp3) is 0.632. The first-order valence-electron chi connectivity index (χ1n) is 9.27. The second-order valence-corrected chi connectivity index (χ2v) is 7.77. The minimum Gasteiger partial charge on any atom is -0.482 e. The number of rotatable bonds is 6. The van der Waals surface area contributed by atoms with Crippen molar-refractivity contribution in [2.24, 2.45) is 5.92 Å². The van der Waals surface area contributed by atoms with Gasteiger partial charge in [-0.3, -0.25) is 9.69 Å². The van der Waals surface area contributed by atoms with E-state index in [0.29, 0.717) is 21.7 Å². The predicted octanol–water partition coefficient (Wildman–Crippen LogP) is 3.33. The third-order valence-corrected chi connectivity index (χ3v) is 5.70. The molecule has 1 amide bonds. The highest BCUT2D eigenvalue weighted by atomic mass is 35.5. The van der Waals surface area contributed by atoms with Crippen LogP contribution in [-0.4, -0.2) is 68.3 Å². The average molecular weight is 401 g/mol. The van der Waals surface area contributed by atoms with Gasteiger partial charge in [0.15, 0.2) is 6.61 Å². The Morgan fingerprint density at radius 2 is 1.88 bits per heavy atom. The minimum absolute atomic E-state index is 0.0137. The standard InChI is InChI=1S/C19H26Cl2N2O3/c20-16-1-2-18(17(21)13-16)26-14-19(24)23-7-4-15(5-8-23)3-6-22-9-11-25-12-10-22/h1-2,13,15H,3-12,14H2. The van der Waals surface area contributed by atoms with E-state index in [1.54, 1.807) is 18.2 Å². The molecule has 3 rings (SSSR count). The van der Waals surface area contributed by atoms with Crippen LogP contribution in [0.4, 0.5) is 0 Å². The number of morpholine rings is 1. The SMILES string of the molecule is O=C(COc1ccc(Cl)cc1Cl)N1CCC(CCN2CCOCC2)CC1. The monoisotopic (exact) mass is 400 g/mol. The minimum atomic E-state index is 0.0137. The Bertz CT molecular complexity index is 600. The van der Waals surface area contributed by atoms with Gasteiger partial charge in [0.25, 0.3) is 5.91 Å². The van der Waals surface area contributed by atoms with Crippen LogP contribution in [0.2, 0.25) is 10.0 Å². The second kappa shape index (κ2) is 9.79. The Hall–Kier alpha value is -1.01. The van der Waals surface area contributed by atoms with E-state index in [1.807, 2.05) is 4.90 Å². The molecular weight excluding hydrogens is 375 g/mol. The maximum atomic E-state index is 12.4. The molecular formula is C19H26Cl2N2O3. The van der Waals surface area contributed by atoms with E-state index in [4.69, 9.17) is 32.7 Å². The average Bonchev–Trinajstić information content (AvgIpc) is 2.67. The number of nitrogens with zero attached hydrogens (tertiary/aromatic N) is 2. The molecule has 2 saturated heterocycles. The van der Waals surface area contributed by atoms with Gasteiger partial charge in [-0.15, -0.1) is 0 Å². The van der Waals surface area contributed by atoms with Crippen LogP contribution in [-0.2, 0) is 9.53 Å². The van der Waals surface area contributed by atoms with Crippen LogP contribution < -0.4 is 4.74 Å². The largest absolute Gasteiger partial charge is 0.482 e. The summed E-state index contributed by atoms with van der Waals surface area (Å²) in [6.07, 6.45) is 3.34. The van der Waals surface area contributed by atoms with Gasteiger partial charge in [-0.25, -0.2) is 0 Å². The molecule has 0 radical (unpaired) electrons. The molecule has 5 nitrogen and oxygen atoms in total. The highest BCUT2D eigenvalue weighted by Gasteiger charge is 2.24. The van der Waals surface area contributed by atoms with Crippen molar-refractivity contribution < 1.29 is 14.3 Å². The number of benzene rings is 1. The molecule has 2 heterocycles. The van der Waals surface area contributed by atoms with E-state index >= 15 is 0 Å². The first-order valence-corrected chi connectivity index (χ1v) is 10.0. The Morgan fingerprint density at radius 3 is 2.58 bits per heavy atom. The van der Waals surface area contributed by atoms with Gasteiger partial charge in [0.1, 0.15) is 5.75 Å². The molecule has 1 aromatic rings. The number of carbonyl (C=O) groups excluding carboxylic acids is 1. The van der Waals surface area contributed by atoms with Gasteiger partial charge >= 0.3 is 0 Å². The molecule has 0 aromatic heterocycles. The number of piperidine rings is 1. The zero-order valence-electron chi connectivity index (χ0n) is 15.0. The van der Waals surface area contributed by atoms with Crippen molar-refractivity contribution >= 4 is 29.1 Å². The van der Waals surface area contributed by atoms with Crippen LogP contribution in [0.1, 0.15) is 19.3 Å². The van der Waals surface area contributed by atoms with Crippen LogP contribution in [0.3, 0.4) is 0 Å². The lowest BCUT2D eigenvalue weighted by Gasteiger charge is -2.34. The van der Waals surface area contributed by atoms with Crippen molar-refractivity contribution in [2.75, 3.05) is 52.5 Å². The lowest BCUT2D eigenvalue weighted by Crippen LogP contribution is -2.42. The number of amides is 1. The van der Waals surface area contributed by atoms with Crippen LogP contribution in [0.25, 0.3) is 0 Å². The normalized spacial score (nSPS) is 19.5. The van der Waals surface area contributed by atoms with Crippen LogP contribution >= 0.6 is 23.2 Å². The van der Waals surface area contributed by atoms with Crippen molar-refractivity contribution in [3.8, 4) is 5.75 Å². The summed E-state index contributed by atoms with van der Waals surface area (Å²) in [5, 5.41) is 0.972. The summed E-state index contributed by atoms with van der Waals surface area (Å²) < 4.78 is 10.9. The van der Waals surface area contributed by atoms with Crippen molar-refractivity contribution in [2.45, 2.75) is 19.3 Å². The van der Waals surface area contributed by atoms with Crippen LogP contribution in [0, 0.1) is 5.92 Å². The molecule has 2 aliphatic heterocycles. The van der Waals surface area contributed by atoms with Crippen molar-refractivity contribution in [1.29, 1.82) is 0 Å². The lowest BCUT2D eigenvalue weighted by molar-refractivity contribution is -0.134. The quantitative estimate of drug-likeness (QED) is 0.734. The molecule has 2 fully saturated rings. The molecule has 0 bridgehead atoms. The molecule has 2 aliphatic rings. The number of carbonyl (C=O) groups is 1. The van der Waals surface area contributed by atoms with Gasteiger partial charge in [-0.05, 0) is 49.9 Å². The van der Waals surface area contributed by atoms with Crippen LogP contribution in [0.5, 0.6) is 5.75 Å². The summed E-state index contributed by atoms with van der Waals surface area (Å²) in [5.41, 5.74) is 0. The van der Waals surface area contributed by atoms with Crippen molar-refractivity contribution in [3.05, 3.63) is 28.2 Å². The summed E-state index contributed by atoms with van der Waals surface area (Å²) in [4.78, 5) is 16.7.